The standard InChI is InChI=1S/C24H21F3N4O2/c25-24(26,27)33-18-3-1-2-14(11-18)19-12-21-23(32)30-13-17(6-8-28)31(21)22(19)16-4-5-20-15(10-16)7-9-29-20/h1-5,7,9-12,17,29H,6,8,13,28H2,(H,30,32)/t17-/m0/s1. The van der Waals surface area contributed by atoms with Crippen molar-refractivity contribution in [3.8, 4) is 28.1 Å². The predicted octanol–water partition coefficient (Wildman–Crippen LogP) is 4.84. The first-order chi connectivity index (χ1) is 15.8. The summed E-state index contributed by atoms with van der Waals surface area (Å²) < 4.78 is 44.5. The van der Waals surface area contributed by atoms with E-state index in [1.165, 1.54) is 18.2 Å². The lowest BCUT2D eigenvalue weighted by atomic mass is 9.99. The minimum atomic E-state index is -4.80. The summed E-state index contributed by atoms with van der Waals surface area (Å²) in [5.41, 5.74) is 10.0. The Kier molecular flexibility index (Phi) is 5.13. The van der Waals surface area contributed by atoms with E-state index in [4.69, 9.17) is 5.73 Å². The number of aromatic amines is 1. The van der Waals surface area contributed by atoms with Crippen molar-refractivity contribution in [2.24, 2.45) is 5.73 Å². The molecule has 1 aliphatic heterocycles. The van der Waals surface area contributed by atoms with Gasteiger partial charge in [0.1, 0.15) is 11.4 Å². The molecule has 170 valence electrons. The lowest BCUT2D eigenvalue weighted by molar-refractivity contribution is -0.274. The van der Waals surface area contributed by atoms with Crippen molar-refractivity contribution in [2.75, 3.05) is 13.1 Å². The number of nitrogens with one attached hydrogen (secondary N) is 2. The number of carbonyl (C=O) groups is 1. The Morgan fingerprint density at radius 2 is 1.94 bits per heavy atom. The largest absolute Gasteiger partial charge is 0.573 e. The fourth-order valence-corrected chi connectivity index (χ4v) is 4.47. The molecule has 0 aliphatic carbocycles. The van der Waals surface area contributed by atoms with Crippen LogP contribution in [-0.4, -0.2) is 34.9 Å². The van der Waals surface area contributed by atoms with E-state index in [0.29, 0.717) is 36.3 Å². The van der Waals surface area contributed by atoms with Crippen molar-refractivity contribution in [1.29, 1.82) is 0 Å². The van der Waals surface area contributed by atoms with Gasteiger partial charge < -0.3 is 25.3 Å². The van der Waals surface area contributed by atoms with Gasteiger partial charge in [-0.25, -0.2) is 0 Å². The molecule has 6 nitrogen and oxygen atoms in total. The van der Waals surface area contributed by atoms with E-state index < -0.39 is 6.36 Å². The second-order valence-corrected chi connectivity index (χ2v) is 7.96. The Morgan fingerprint density at radius 3 is 2.73 bits per heavy atom. The number of fused-ring (bicyclic) bond motifs is 2. The van der Waals surface area contributed by atoms with Crippen LogP contribution in [-0.2, 0) is 0 Å². The number of hydrogen-bond acceptors (Lipinski definition) is 3. The smallest absolute Gasteiger partial charge is 0.406 e. The van der Waals surface area contributed by atoms with E-state index in [9.17, 15) is 18.0 Å². The van der Waals surface area contributed by atoms with Crippen LogP contribution in [0, 0.1) is 0 Å². The van der Waals surface area contributed by atoms with Crippen molar-refractivity contribution in [1.82, 2.24) is 14.9 Å². The van der Waals surface area contributed by atoms with Crippen LogP contribution in [0.25, 0.3) is 33.3 Å². The molecule has 3 heterocycles. The van der Waals surface area contributed by atoms with Crippen LogP contribution in [0.3, 0.4) is 0 Å². The van der Waals surface area contributed by atoms with Crippen LogP contribution >= 0.6 is 0 Å². The normalized spacial score (nSPS) is 16.0. The van der Waals surface area contributed by atoms with Gasteiger partial charge in [0.05, 0.1) is 11.7 Å². The number of H-pyrrole nitrogens is 1. The van der Waals surface area contributed by atoms with E-state index in [1.54, 1.807) is 12.1 Å². The number of ether oxygens (including phenoxy) is 1. The average molecular weight is 454 g/mol. The van der Waals surface area contributed by atoms with Crippen molar-refractivity contribution in [3.05, 3.63) is 66.5 Å². The molecule has 0 bridgehead atoms. The molecule has 33 heavy (non-hydrogen) atoms. The summed E-state index contributed by atoms with van der Waals surface area (Å²) in [4.78, 5) is 15.9. The number of halogens is 3. The van der Waals surface area contributed by atoms with Gasteiger partial charge in [-0.3, -0.25) is 4.79 Å². The highest BCUT2D eigenvalue weighted by atomic mass is 19.4. The molecule has 1 amide bonds. The van der Waals surface area contributed by atoms with Gasteiger partial charge >= 0.3 is 6.36 Å². The predicted molar refractivity (Wildman–Crippen MR) is 119 cm³/mol. The monoisotopic (exact) mass is 454 g/mol. The Balaban J connectivity index is 1.74. The summed E-state index contributed by atoms with van der Waals surface area (Å²) in [6.07, 6.45) is -2.32. The highest BCUT2D eigenvalue weighted by molar-refractivity contribution is 5.99. The fraction of sp³-hybridized carbons (Fsp3) is 0.208. The molecule has 9 heteroatoms. The zero-order chi connectivity index (χ0) is 23.2. The number of hydrogen-bond donors (Lipinski definition) is 3. The van der Waals surface area contributed by atoms with E-state index in [0.717, 1.165) is 22.2 Å². The lowest BCUT2D eigenvalue weighted by Gasteiger charge is -2.28. The average Bonchev–Trinajstić information content (AvgIpc) is 3.39. The number of carbonyl (C=O) groups excluding carboxylic acids is 1. The minimum absolute atomic E-state index is 0.0806. The SMILES string of the molecule is NCC[C@H]1CNC(=O)c2cc(-c3cccc(OC(F)(F)F)c3)c(-c3ccc4[nH]ccc4c3)n21. The van der Waals surface area contributed by atoms with Gasteiger partial charge in [-0.05, 0) is 60.5 Å². The summed E-state index contributed by atoms with van der Waals surface area (Å²) >= 11 is 0. The quantitative estimate of drug-likeness (QED) is 0.404. The van der Waals surface area contributed by atoms with E-state index in [-0.39, 0.29) is 17.7 Å². The molecule has 2 aromatic carbocycles. The molecule has 5 rings (SSSR count). The first-order valence-electron chi connectivity index (χ1n) is 10.5. The lowest BCUT2D eigenvalue weighted by Crippen LogP contribution is -2.39. The van der Waals surface area contributed by atoms with Crippen LogP contribution < -0.4 is 15.8 Å². The molecule has 0 radical (unpaired) electrons. The van der Waals surface area contributed by atoms with Gasteiger partial charge in [-0.2, -0.15) is 0 Å². The van der Waals surface area contributed by atoms with Crippen molar-refractivity contribution >= 4 is 16.8 Å². The number of amides is 1. The Morgan fingerprint density at radius 1 is 1.09 bits per heavy atom. The van der Waals surface area contributed by atoms with Gasteiger partial charge in [0.2, 0.25) is 0 Å². The van der Waals surface area contributed by atoms with Crippen LogP contribution in [0.2, 0.25) is 0 Å². The number of benzene rings is 2. The van der Waals surface area contributed by atoms with Crippen molar-refractivity contribution in [3.63, 3.8) is 0 Å². The van der Waals surface area contributed by atoms with Crippen LogP contribution in [0.1, 0.15) is 23.0 Å². The van der Waals surface area contributed by atoms with Crippen molar-refractivity contribution in [2.45, 2.75) is 18.8 Å². The maximum absolute atomic E-state index is 12.8. The third-order valence-electron chi connectivity index (χ3n) is 5.84. The molecule has 0 saturated heterocycles. The highest BCUT2D eigenvalue weighted by Gasteiger charge is 2.32. The van der Waals surface area contributed by atoms with Crippen LogP contribution in [0.4, 0.5) is 13.2 Å². The molecule has 4 N–H and O–H groups in total. The molecule has 1 atom stereocenters. The second-order valence-electron chi connectivity index (χ2n) is 7.96. The highest BCUT2D eigenvalue weighted by Crippen LogP contribution is 2.41. The first kappa shape index (κ1) is 21.1. The van der Waals surface area contributed by atoms with Gasteiger partial charge in [0.15, 0.2) is 0 Å². The summed E-state index contributed by atoms with van der Waals surface area (Å²) in [6.45, 7) is 0.854. The second kappa shape index (κ2) is 8.00. The van der Waals surface area contributed by atoms with E-state index in [2.05, 4.69) is 15.0 Å². The maximum Gasteiger partial charge on any atom is 0.573 e. The van der Waals surface area contributed by atoms with Crippen molar-refractivity contribution < 1.29 is 22.7 Å². The molecular formula is C24H21F3N4O2. The third-order valence-corrected chi connectivity index (χ3v) is 5.84. The summed E-state index contributed by atoms with van der Waals surface area (Å²) in [7, 11) is 0. The Labute approximate surface area is 187 Å². The molecule has 0 spiro atoms. The molecule has 0 unspecified atom stereocenters. The zero-order valence-corrected chi connectivity index (χ0v) is 17.4. The molecule has 1 aliphatic rings. The number of alkyl halides is 3. The van der Waals surface area contributed by atoms with Gasteiger partial charge in [-0.15, -0.1) is 13.2 Å². The molecular weight excluding hydrogens is 433 g/mol. The Hall–Kier alpha value is -3.72. The topological polar surface area (TPSA) is 85.1 Å². The molecule has 0 saturated carbocycles. The summed E-state index contributed by atoms with van der Waals surface area (Å²) in [5, 5.41) is 3.88. The van der Waals surface area contributed by atoms with Gasteiger partial charge in [0, 0.05) is 29.2 Å². The number of nitrogens with two attached hydrogens (primary N) is 1. The number of rotatable bonds is 5. The maximum atomic E-state index is 12.8. The van der Waals surface area contributed by atoms with E-state index in [1.807, 2.05) is 35.0 Å². The van der Waals surface area contributed by atoms with Crippen LogP contribution in [0.15, 0.2) is 60.8 Å². The summed E-state index contributed by atoms with van der Waals surface area (Å²) in [6, 6.07) is 15.3. The molecule has 4 aromatic rings. The number of aromatic nitrogens is 2. The zero-order valence-electron chi connectivity index (χ0n) is 17.4. The van der Waals surface area contributed by atoms with Crippen LogP contribution in [0.5, 0.6) is 5.75 Å². The van der Waals surface area contributed by atoms with Gasteiger partial charge in [0.25, 0.3) is 5.91 Å². The summed E-state index contributed by atoms with van der Waals surface area (Å²) in [5.74, 6) is -0.555. The third kappa shape index (κ3) is 3.95. The van der Waals surface area contributed by atoms with Gasteiger partial charge in [-0.1, -0.05) is 18.2 Å². The molecule has 2 aromatic heterocycles. The Bertz CT molecular complexity index is 1340. The molecule has 0 fully saturated rings. The van der Waals surface area contributed by atoms with E-state index >= 15 is 0 Å². The fourth-order valence-electron chi connectivity index (χ4n) is 4.47. The first-order valence-corrected chi connectivity index (χ1v) is 10.5. The number of nitrogens with zero attached hydrogens (tertiary/aromatic N) is 1. The minimum Gasteiger partial charge on any atom is -0.406 e.